The fourth-order valence-corrected chi connectivity index (χ4v) is 2.80. The highest BCUT2D eigenvalue weighted by Gasteiger charge is 2.23. The largest absolute Gasteiger partial charge is 0.391 e. The van der Waals surface area contributed by atoms with E-state index in [1.165, 1.54) is 4.88 Å². The van der Waals surface area contributed by atoms with E-state index in [1.807, 2.05) is 11.4 Å². The maximum atomic E-state index is 9.57. The van der Waals surface area contributed by atoms with E-state index in [0.29, 0.717) is 5.92 Å². The molecule has 3 nitrogen and oxygen atoms in total. The number of β-amino-alcohol motifs (C(OH)–C–C–N with tert-alkyl or cyclic N) is 1. The summed E-state index contributed by atoms with van der Waals surface area (Å²) >= 11 is 7.48. The molecule has 1 saturated heterocycles. The molecule has 0 aliphatic carbocycles. The quantitative estimate of drug-likeness (QED) is 0.745. The second-order valence-electron chi connectivity index (χ2n) is 3.85. The van der Waals surface area contributed by atoms with Crippen LogP contribution in [-0.4, -0.2) is 30.8 Å². The zero-order chi connectivity index (χ0) is 10.7. The van der Waals surface area contributed by atoms with Crippen molar-refractivity contribution in [3.63, 3.8) is 0 Å². The fourth-order valence-electron chi connectivity index (χ4n) is 1.75. The van der Waals surface area contributed by atoms with E-state index in [0.717, 1.165) is 31.2 Å². The van der Waals surface area contributed by atoms with Gasteiger partial charge in [-0.05, 0) is 6.07 Å². The maximum absolute atomic E-state index is 9.57. The molecule has 0 spiro atoms. The average Bonchev–Trinajstić information content (AvgIpc) is 2.77. The Hall–Kier alpha value is -0.130. The molecule has 0 saturated carbocycles. The van der Waals surface area contributed by atoms with Gasteiger partial charge >= 0.3 is 0 Å². The number of aliphatic hydroxyl groups excluding tert-OH is 1. The van der Waals surface area contributed by atoms with E-state index in [-0.39, 0.29) is 6.10 Å². The Labute approximate surface area is 98.5 Å². The third-order valence-electron chi connectivity index (χ3n) is 2.63. The number of nitrogens with one attached hydrogen (secondary N) is 2. The summed E-state index contributed by atoms with van der Waals surface area (Å²) in [5.41, 5.74) is 0. The number of halogens is 1. The molecule has 15 heavy (non-hydrogen) atoms. The van der Waals surface area contributed by atoms with Crippen LogP contribution in [-0.2, 0) is 6.54 Å². The van der Waals surface area contributed by atoms with Crippen molar-refractivity contribution in [3.05, 3.63) is 21.3 Å². The highest BCUT2D eigenvalue weighted by atomic mass is 35.5. The minimum atomic E-state index is -0.204. The average molecular weight is 247 g/mol. The van der Waals surface area contributed by atoms with Gasteiger partial charge in [0.1, 0.15) is 0 Å². The molecule has 2 heterocycles. The van der Waals surface area contributed by atoms with E-state index in [2.05, 4.69) is 10.6 Å². The van der Waals surface area contributed by atoms with Gasteiger partial charge < -0.3 is 15.7 Å². The van der Waals surface area contributed by atoms with E-state index >= 15 is 0 Å². The van der Waals surface area contributed by atoms with Crippen molar-refractivity contribution in [1.29, 1.82) is 0 Å². The topological polar surface area (TPSA) is 44.3 Å². The summed E-state index contributed by atoms with van der Waals surface area (Å²) in [6.45, 7) is 3.31. The summed E-state index contributed by atoms with van der Waals surface area (Å²) in [6.07, 6.45) is -0.204. The van der Waals surface area contributed by atoms with Crippen LogP contribution in [0.4, 0.5) is 0 Å². The first-order valence-corrected chi connectivity index (χ1v) is 6.34. The van der Waals surface area contributed by atoms with Gasteiger partial charge in [-0.15, -0.1) is 11.3 Å². The first-order chi connectivity index (χ1) is 7.25. The van der Waals surface area contributed by atoms with Crippen molar-refractivity contribution in [2.75, 3.05) is 19.6 Å². The molecule has 1 aromatic rings. The maximum Gasteiger partial charge on any atom is 0.0716 e. The number of hydrogen-bond donors (Lipinski definition) is 3. The van der Waals surface area contributed by atoms with Gasteiger partial charge in [-0.2, -0.15) is 0 Å². The van der Waals surface area contributed by atoms with Crippen LogP contribution in [0.25, 0.3) is 0 Å². The molecule has 84 valence electrons. The molecule has 0 radical (unpaired) electrons. The first-order valence-electron chi connectivity index (χ1n) is 5.08. The van der Waals surface area contributed by atoms with Crippen LogP contribution in [0.5, 0.6) is 0 Å². The highest BCUT2D eigenvalue weighted by molar-refractivity contribution is 7.10. The molecular formula is C10H15ClN2OS. The Morgan fingerprint density at radius 1 is 1.60 bits per heavy atom. The summed E-state index contributed by atoms with van der Waals surface area (Å²) in [5.74, 6) is 0.334. The standard InChI is InChI=1S/C10H15ClN2OS/c11-8-1-9(15-6-8)4-12-2-7-3-13-5-10(7)14/h1,6-7,10,12-14H,2-5H2. The van der Waals surface area contributed by atoms with Gasteiger partial charge in [0.15, 0.2) is 0 Å². The molecule has 1 aromatic heterocycles. The Morgan fingerprint density at radius 2 is 2.47 bits per heavy atom. The number of thiophene rings is 1. The summed E-state index contributed by atoms with van der Waals surface area (Å²) in [5, 5.41) is 18.8. The monoisotopic (exact) mass is 246 g/mol. The van der Waals surface area contributed by atoms with Crippen LogP contribution in [0, 0.1) is 5.92 Å². The number of aliphatic hydroxyl groups is 1. The van der Waals surface area contributed by atoms with Gasteiger partial charge in [0, 0.05) is 42.4 Å². The van der Waals surface area contributed by atoms with Crippen LogP contribution < -0.4 is 10.6 Å². The smallest absolute Gasteiger partial charge is 0.0716 e. The predicted molar refractivity (Wildman–Crippen MR) is 63.4 cm³/mol. The lowest BCUT2D eigenvalue weighted by Crippen LogP contribution is -2.29. The second-order valence-corrected chi connectivity index (χ2v) is 5.28. The Kier molecular flexibility index (Phi) is 3.99. The molecule has 5 heteroatoms. The zero-order valence-electron chi connectivity index (χ0n) is 8.37. The van der Waals surface area contributed by atoms with Crippen molar-refractivity contribution >= 4 is 22.9 Å². The molecule has 3 N–H and O–H groups in total. The van der Waals surface area contributed by atoms with Gasteiger partial charge in [0.05, 0.1) is 11.1 Å². The third kappa shape index (κ3) is 3.16. The van der Waals surface area contributed by atoms with Crippen LogP contribution in [0.3, 0.4) is 0 Å². The molecule has 2 unspecified atom stereocenters. The lowest BCUT2D eigenvalue weighted by molar-refractivity contribution is 0.146. The van der Waals surface area contributed by atoms with Crippen LogP contribution in [0.2, 0.25) is 5.02 Å². The van der Waals surface area contributed by atoms with Crippen molar-refractivity contribution in [2.24, 2.45) is 5.92 Å². The van der Waals surface area contributed by atoms with Crippen molar-refractivity contribution in [3.8, 4) is 0 Å². The van der Waals surface area contributed by atoms with E-state index in [4.69, 9.17) is 11.6 Å². The van der Waals surface area contributed by atoms with Gasteiger partial charge in [-0.3, -0.25) is 0 Å². The van der Waals surface area contributed by atoms with Gasteiger partial charge in [0.2, 0.25) is 0 Å². The van der Waals surface area contributed by atoms with Gasteiger partial charge in [0.25, 0.3) is 0 Å². The molecular weight excluding hydrogens is 232 g/mol. The third-order valence-corrected chi connectivity index (χ3v) is 3.92. The van der Waals surface area contributed by atoms with Gasteiger partial charge in [-0.1, -0.05) is 11.6 Å². The van der Waals surface area contributed by atoms with Crippen molar-refractivity contribution in [1.82, 2.24) is 10.6 Å². The molecule has 1 fully saturated rings. The summed E-state index contributed by atoms with van der Waals surface area (Å²) in [7, 11) is 0. The van der Waals surface area contributed by atoms with Crippen LogP contribution in [0.15, 0.2) is 11.4 Å². The Bertz CT molecular complexity index is 318. The lowest BCUT2D eigenvalue weighted by atomic mass is 10.1. The normalized spacial score (nSPS) is 26.0. The molecule has 1 aliphatic heterocycles. The molecule has 1 aliphatic rings. The van der Waals surface area contributed by atoms with Crippen molar-refractivity contribution < 1.29 is 5.11 Å². The Balaban J connectivity index is 1.70. The van der Waals surface area contributed by atoms with E-state index in [1.54, 1.807) is 11.3 Å². The van der Waals surface area contributed by atoms with Crippen LogP contribution in [0.1, 0.15) is 4.88 Å². The second kappa shape index (κ2) is 5.27. The van der Waals surface area contributed by atoms with E-state index in [9.17, 15) is 5.11 Å². The zero-order valence-corrected chi connectivity index (χ0v) is 9.94. The lowest BCUT2D eigenvalue weighted by Gasteiger charge is -2.13. The highest BCUT2D eigenvalue weighted by Crippen LogP contribution is 2.18. The van der Waals surface area contributed by atoms with Crippen LogP contribution >= 0.6 is 22.9 Å². The van der Waals surface area contributed by atoms with Crippen molar-refractivity contribution in [2.45, 2.75) is 12.6 Å². The molecule has 0 bridgehead atoms. The summed E-state index contributed by atoms with van der Waals surface area (Å²) < 4.78 is 0. The molecule has 0 aromatic carbocycles. The summed E-state index contributed by atoms with van der Waals surface area (Å²) in [4.78, 5) is 1.24. The van der Waals surface area contributed by atoms with E-state index < -0.39 is 0 Å². The number of hydrogen-bond acceptors (Lipinski definition) is 4. The molecule has 0 amide bonds. The predicted octanol–water partition coefficient (Wildman–Crippen LogP) is 1.07. The minimum absolute atomic E-state index is 0.204. The first kappa shape index (κ1) is 11.4. The SMILES string of the molecule is OC1CNCC1CNCc1cc(Cl)cs1. The molecule has 2 atom stereocenters. The number of rotatable bonds is 4. The minimum Gasteiger partial charge on any atom is -0.391 e. The van der Waals surface area contributed by atoms with Gasteiger partial charge in [-0.25, -0.2) is 0 Å². The molecule has 2 rings (SSSR count). The fraction of sp³-hybridized carbons (Fsp3) is 0.600. The Morgan fingerprint density at radius 3 is 3.07 bits per heavy atom. The summed E-state index contributed by atoms with van der Waals surface area (Å²) in [6, 6.07) is 1.97.